The summed E-state index contributed by atoms with van der Waals surface area (Å²) >= 11 is 16.3. The Labute approximate surface area is 254 Å². The van der Waals surface area contributed by atoms with Crippen LogP contribution in [0.5, 0.6) is 0 Å². The number of hydrogen-bond acceptors (Lipinski definition) is 4. The molecule has 3 aromatic carbocycles. The minimum atomic E-state index is -4.14. The van der Waals surface area contributed by atoms with Crippen molar-refractivity contribution in [1.29, 1.82) is 0 Å². The average Bonchev–Trinajstić information content (AvgIpc) is 2.92. The average molecular weight is 669 g/mol. The zero-order chi connectivity index (χ0) is 29.4. The quantitative estimate of drug-likeness (QED) is 0.238. The van der Waals surface area contributed by atoms with Crippen molar-refractivity contribution in [2.75, 3.05) is 17.4 Å². The van der Waals surface area contributed by atoms with Crippen LogP contribution in [0.4, 0.5) is 5.69 Å². The normalized spacial score (nSPS) is 12.2. The minimum Gasteiger partial charge on any atom is -0.354 e. The second-order valence-electron chi connectivity index (χ2n) is 9.59. The number of nitrogens with zero attached hydrogens (tertiary/aromatic N) is 2. The number of sulfonamides is 1. The number of anilines is 1. The lowest BCUT2D eigenvalue weighted by molar-refractivity contribution is -0.140. The number of hydrogen-bond donors (Lipinski definition) is 1. The van der Waals surface area contributed by atoms with Gasteiger partial charge in [-0.1, -0.05) is 84.2 Å². The number of amides is 2. The summed E-state index contributed by atoms with van der Waals surface area (Å²) in [6.45, 7) is 5.54. The molecule has 0 bridgehead atoms. The van der Waals surface area contributed by atoms with Gasteiger partial charge in [-0.05, 0) is 60.9 Å². The summed E-state index contributed by atoms with van der Waals surface area (Å²) in [5, 5.41) is 3.57. The lowest BCUT2D eigenvalue weighted by atomic mass is 10.1. The van der Waals surface area contributed by atoms with Gasteiger partial charge in [0.1, 0.15) is 12.6 Å². The fourth-order valence-electron chi connectivity index (χ4n) is 4.05. The molecular weight excluding hydrogens is 637 g/mol. The summed E-state index contributed by atoms with van der Waals surface area (Å²) in [4.78, 5) is 28.8. The van der Waals surface area contributed by atoms with E-state index in [2.05, 4.69) is 21.2 Å². The van der Waals surface area contributed by atoms with Crippen LogP contribution >= 0.6 is 39.1 Å². The molecule has 0 saturated heterocycles. The number of nitrogens with one attached hydrogen (secondary N) is 1. The van der Waals surface area contributed by atoms with Crippen LogP contribution in [0.1, 0.15) is 32.8 Å². The summed E-state index contributed by atoms with van der Waals surface area (Å²) in [5.74, 6) is -0.716. The molecule has 7 nitrogen and oxygen atoms in total. The van der Waals surface area contributed by atoms with Crippen molar-refractivity contribution in [3.8, 4) is 0 Å². The predicted molar refractivity (Wildman–Crippen MR) is 164 cm³/mol. The maximum absolute atomic E-state index is 14.1. The van der Waals surface area contributed by atoms with Crippen LogP contribution in [-0.4, -0.2) is 44.3 Å². The highest BCUT2D eigenvalue weighted by molar-refractivity contribution is 9.10. The molecule has 0 heterocycles. The predicted octanol–water partition coefficient (Wildman–Crippen LogP) is 6.53. The van der Waals surface area contributed by atoms with E-state index < -0.39 is 28.5 Å². The van der Waals surface area contributed by atoms with Crippen LogP contribution in [-0.2, 0) is 26.2 Å². The van der Waals surface area contributed by atoms with E-state index in [9.17, 15) is 18.0 Å². The molecule has 40 heavy (non-hydrogen) atoms. The lowest BCUT2D eigenvalue weighted by Gasteiger charge is -2.33. The van der Waals surface area contributed by atoms with E-state index >= 15 is 0 Å². The molecule has 1 atom stereocenters. The first-order valence-electron chi connectivity index (χ1n) is 12.8. The van der Waals surface area contributed by atoms with Gasteiger partial charge in [0, 0.05) is 33.2 Å². The third kappa shape index (κ3) is 8.00. The SMILES string of the molecule is CC[C@@H](C(=O)NCC(C)C)N(Cc1c(Cl)cccc1Cl)C(=O)CN(c1ccc(Br)cc1)S(=O)(=O)c1ccccc1. The van der Waals surface area contributed by atoms with Crippen LogP contribution in [0, 0.1) is 5.92 Å². The van der Waals surface area contributed by atoms with Crippen molar-refractivity contribution in [1.82, 2.24) is 10.2 Å². The maximum atomic E-state index is 14.1. The van der Waals surface area contributed by atoms with Crippen molar-refractivity contribution in [2.24, 2.45) is 5.92 Å². The van der Waals surface area contributed by atoms with Crippen LogP contribution < -0.4 is 9.62 Å². The molecule has 0 fully saturated rings. The Morgan fingerprint density at radius 2 is 1.52 bits per heavy atom. The van der Waals surface area contributed by atoms with Gasteiger partial charge in [0.2, 0.25) is 11.8 Å². The van der Waals surface area contributed by atoms with E-state index in [1.165, 1.54) is 17.0 Å². The molecule has 0 aliphatic carbocycles. The Bertz CT molecular complexity index is 1400. The van der Waals surface area contributed by atoms with Gasteiger partial charge in [0.25, 0.3) is 10.0 Å². The van der Waals surface area contributed by atoms with Crippen molar-refractivity contribution < 1.29 is 18.0 Å². The molecule has 0 aliphatic heterocycles. The fourth-order valence-corrected chi connectivity index (χ4v) is 6.27. The number of rotatable bonds is 12. The van der Waals surface area contributed by atoms with Crippen molar-refractivity contribution in [3.63, 3.8) is 0 Å². The Morgan fingerprint density at radius 1 is 0.925 bits per heavy atom. The molecule has 0 spiro atoms. The lowest BCUT2D eigenvalue weighted by Crippen LogP contribution is -2.52. The molecule has 0 unspecified atom stereocenters. The molecule has 214 valence electrons. The van der Waals surface area contributed by atoms with E-state index in [4.69, 9.17) is 23.2 Å². The van der Waals surface area contributed by atoms with Gasteiger partial charge in [-0.2, -0.15) is 0 Å². The van der Waals surface area contributed by atoms with Gasteiger partial charge in [-0.25, -0.2) is 8.42 Å². The number of carbonyl (C=O) groups is 2. The summed E-state index contributed by atoms with van der Waals surface area (Å²) < 4.78 is 29.4. The first-order valence-corrected chi connectivity index (χ1v) is 15.8. The third-order valence-electron chi connectivity index (χ3n) is 6.19. The first-order chi connectivity index (χ1) is 18.9. The second-order valence-corrected chi connectivity index (χ2v) is 13.2. The first kappa shape index (κ1) is 31.9. The molecular formula is C29H32BrCl2N3O4S. The largest absolute Gasteiger partial charge is 0.354 e. The molecule has 0 radical (unpaired) electrons. The van der Waals surface area contributed by atoms with Crippen molar-refractivity contribution in [2.45, 2.75) is 44.7 Å². The summed E-state index contributed by atoms with van der Waals surface area (Å²) in [6.07, 6.45) is 0.293. The molecule has 3 rings (SSSR count). The van der Waals surface area contributed by atoms with Crippen LogP contribution in [0.15, 0.2) is 82.2 Å². The van der Waals surface area contributed by atoms with E-state index in [-0.39, 0.29) is 23.3 Å². The number of carbonyl (C=O) groups excluding carboxylic acids is 2. The van der Waals surface area contributed by atoms with Crippen LogP contribution in [0.25, 0.3) is 0 Å². The monoisotopic (exact) mass is 667 g/mol. The van der Waals surface area contributed by atoms with Gasteiger partial charge in [-0.15, -0.1) is 0 Å². The summed E-state index contributed by atoms with van der Waals surface area (Å²) in [6, 6.07) is 18.6. The van der Waals surface area contributed by atoms with E-state index in [0.29, 0.717) is 34.3 Å². The van der Waals surface area contributed by atoms with E-state index in [0.717, 1.165) is 8.78 Å². The number of halogens is 3. The topological polar surface area (TPSA) is 86.8 Å². The summed E-state index contributed by atoms with van der Waals surface area (Å²) in [5.41, 5.74) is 0.767. The Kier molecular flexibility index (Phi) is 11.5. The Balaban J connectivity index is 2.07. The number of benzene rings is 3. The molecule has 0 aliphatic rings. The van der Waals surface area contributed by atoms with Gasteiger partial charge >= 0.3 is 0 Å². The Morgan fingerprint density at radius 3 is 2.08 bits per heavy atom. The van der Waals surface area contributed by atoms with Gasteiger partial charge in [0.05, 0.1) is 10.6 Å². The standard InChI is InChI=1S/C29H32BrCl2N3O4S/c1-4-27(29(37)33-17-20(2)3)34(18-24-25(31)11-8-12-26(24)32)28(36)19-35(22-15-13-21(30)14-16-22)40(38,39)23-9-6-5-7-10-23/h5-16,20,27H,4,17-19H2,1-3H3,(H,33,37)/t27-/m0/s1. The van der Waals surface area contributed by atoms with E-state index in [1.54, 1.807) is 67.6 Å². The van der Waals surface area contributed by atoms with Gasteiger partial charge < -0.3 is 10.2 Å². The molecule has 0 saturated carbocycles. The van der Waals surface area contributed by atoms with Crippen molar-refractivity contribution >= 4 is 66.7 Å². The molecule has 2 amide bonds. The van der Waals surface area contributed by atoms with Gasteiger partial charge in [-0.3, -0.25) is 13.9 Å². The maximum Gasteiger partial charge on any atom is 0.264 e. The highest BCUT2D eigenvalue weighted by Gasteiger charge is 2.34. The summed E-state index contributed by atoms with van der Waals surface area (Å²) in [7, 11) is -4.14. The highest BCUT2D eigenvalue weighted by Crippen LogP contribution is 2.29. The smallest absolute Gasteiger partial charge is 0.264 e. The Hall–Kier alpha value is -2.59. The minimum absolute atomic E-state index is 0.0353. The van der Waals surface area contributed by atoms with Crippen molar-refractivity contribution in [3.05, 3.63) is 92.9 Å². The second kappa shape index (κ2) is 14.3. The zero-order valence-electron chi connectivity index (χ0n) is 22.5. The molecule has 3 aromatic rings. The zero-order valence-corrected chi connectivity index (χ0v) is 26.4. The van der Waals surface area contributed by atoms with Crippen LogP contribution in [0.2, 0.25) is 10.0 Å². The third-order valence-corrected chi connectivity index (χ3v) is 9.21. The molecule has 1 N–H and O–H groups in total. The molecule has 0 aromatic heterocycles. The fraction of sp³-hybridized carbons (Fsp3) is 0.310. The molecule has 11 heteroatoms. The van der Waals surface area contributed by atoms with Gasteiger partial charge in [0.15, 0.2) is 0 Å². The highest BCUT2D eigenvalue weighted by atomic mass is 79.9. The van der Waals surface area contributed by atoms with Crippen LogP contribution in [0.3, 0.4) is 0 Å². The van der Waals surface area contributed by atoms with E-state index in [1.807, 2.05) is 13.8 Å².